The van der Waals surface area contributed by atoms with Gasteiger partial charge in [0.05, 0.1) is 11.4 Å². The zero-order chi connectivity index (χ0) is 20.1. The quantitative estimate of drug-likeness (QED) is 0.645. The van der Waals surface area contributed by atoms with Gasteiger partial charge in [-0.15, -0.1) is 0 Å². The van der Waals surface area contributed by atoms with E-state index in [1.165, 1.54) is 48.1 Å². The summed E-state index contributed by atoms with van der Waals surface area (Å²) in [6.45, 7) is 14.2. The summed E-state index contributed by atoms with van der Waals surface area (Å²) >= 11 is 0. The maximum absolute atomic E-state index is 13.1. The van der Waals surface area contributed by atoms with Gasteiger partial charge in [-0.2, -0.15) is 0 Å². The molecule has 1 saturated heterocycles. The van der Waals surface area contributed by atoms with Crippen LogP contribution in [0.15, 0.2) is 6.07 Å². The number of amides is 1. The summed E-state index contributed by atoms with van der Waals surface area (Å²) < 4.78 is 0. The van der Waals surface area contributed by atoms with Gasteiger partial charge in [-0.05, 0) is 75.9 Å². The third-order valence-electron chi connectivity index (χ3n) is 6.71. The van der Waals surface area contributed by atoms with Crippen molar-refractivity contribution in [1.82, 2.24) is 4.90 Å². The van der Waals surface area contributed by atoms with Gasteiger partial charge in [0.15, 0.2) is 0 Å². The van der Waals surface area contributed by atoms with E-state index in [2.05, 4.69) is 48.9 Å². The molecule has 0 aliphatic carbocycles. The molecule has 1 amide bonds. The van der Waals surface area contributed by atoms with E-state index >= 15 is 0 Å². The molecule has 28 heavy (non-hydrogen) atoms. The van der Waals surface area contributed by atoms with Crippen molar-refractivity contribution < 1.29 is 4.79 Å². The Kier molecular flexibility index (Phi) is 7.39. The zero-order valence-electron chi connectivity index (χ0n) is 18.4. The second kappa shape index (κ2) is 9.78. The van der Waals surface area contributed by atoms with Crippen molar-refractivity contribution in [3.8, 4) is 0 Å². The number of hydrogen-bond acceptors (Lipinski definition) is 3. The van der Waals surface area contributed by atoms with Gasteiger partial charge in [-0.25, -0.2) is 0 Å². The molecule has 2 heterocycles. The molecule has 1 aromatic carbocycles. The number of hydrogen-bond donors (Lipinski definition) is 1. The number of nitrogens with zero attached hydrogens (tertiary/aromatic N) is 2. The molecule has 0 bridgehead atoms. The number of benzene rings is 1. The van der Waals surface area contributed by atoms with Gasteiger partial charge < -0.3 is 15.1 Å². The van der Waals surface area contributed by atoms with Gasteiger partial charge in [0.25, 0.3) is 0 Å². The number of unbranched alkanes of at least 4 members (excludes halogenated alkanes) is 3. The fourth-order valence-corrected chi connectivity index (χ4v) is 4.88. The van der Waals surface area contributed by atoms with E-state index in [9.17, 15) is 4.79 Å². The Morgan fingerprint density at radius 2 is 1.82 bits per heavy atom. The molecule has 156 valence electrons. The minimum atomic E-state index is 0.151. The molecule has 1 fully saturated rings. The van der Waals surface area contributed by atoms with Crippen LogP contribution >= 0.6 is 0 Å². The molecule has 4 heteroatoms. The van der Waals surface area contributed by atoms with Crippen LogP contribution in [0.3, 0.4) is 0 Å². The Labute approximate surface area is 171 Å². The lowest BCUT2D eigenvalue weighted by atomic mass is 9.95. The van der Waals surface area contributed by atoms with E-state index in [1.54, 1.807) is 0 Å². The lowest BCUT2D eigenvalue weighted by Crippen LogP contribution is -2.38. The summed E-state index contributed by atoms with van der Waals surface area (Å²) in [5, 5.41) is 3.37. The number of rotatable bonds is 8. The minimum absolute atomic E-state index is 0.151. The minimum Gasteiger partial charge on any atom is -0.369 e. The highest BCUT2D eigenvalue weighted by molar-refractivity contribution is 5.98. The van der Waals surface area contributed by atoms with E-state index in [4.69, 9.17) is 0 Å². The first-order chi connectivity index (χ1) is 13.5. The highest BCUT2D eigenvalue weighted by atomic mass is 16.1. The van der Waals surface area contributed by atoms with Gasteiger partial charge >= 0.3 is 0 Å². The normalized spacial score (nSPS) is 17.8. The molecule has 1 N–H and O–H groups in total. The fourth-order valence-electron chi connectivity index (χ4n) is 4.88. The Bertz CT molecular complexity index is 677. The molecule has 0 saturated carbocycles. The molecule has 2 aliphatic rings. The lowest BCUT2D eigenvalue weighted by molar-refractivity contribution is -0.121. The van der Waals surface area contributed by atoms with Crippen LogP contribution in [0.4, 0.5) is 11.4 Å². The van der Waals surface area contributed by atoms with E-state index in [-0.39, 0.29) is 11.8 Å². The molecular formula is C24H39N3O. The highest BCUT2D eigenvalue weighted by Gasteiger charge is 2.29. The third-order valence-corrected chi connectivity index (χ3v) is 6.71. The Morgan fingerprint density at radius 1 is 1.07 bits per heavy atom. The Morgan fingerprint density at radius 3 is 2.50 bits per heavy atom. The fraction of sp³-hybridized carbons (Fsp3) is 0.708. The third kappa shape index (κ3) is 4.71. The summed E-state index contributed by atoms with van der Waals surface area (Å²) in [6, 6.07) is 2.26. The van der Waals surface area contributed by atoms with Gasteiger partial charge in [-0.3, -0.25) is 4.79 Å². The average molecular weight is 386 g/mol. The van der Waals surface area contributed by atoms with Crippen molar-refractivity contribution in [2.45, 2.75) is 72.6 Å². The predicted octanol–water partition coefficient (Wildman–Crippen LogP) is 4.92. The highest BCUT2D eigenvalue weighted by Crippen LogP contribution is 2.40. The first kappa shape index (κ1) is 21.2. The molecule has 1 aromatic rings. The maximum Gasteiger partial charge on any atom is 0.227 e. The number of fused-ring (bicyclic) bond motifs is 1. The van der Waals surface area contributed by atoms with Gasteiger partial charge in [0, 0.05) is 19.0 Å². The number of nitrogens with one attached hydrogen (secondary N) is 1. The van der Waals surface area contributed by atoms with Crippen molar-refractivity contribution in [1.29, 1.82) is 0 Å². The topological polar surface area (TPSA) is 35.6 Å². The largest absolute Gasteiger partial charge is 0.369 e. The molecule has 0 spiro atoms. The second-order valence-corrected chi connectivity index (χ2v) is 8.71. The standard InChI is InChI=1S/C24H39N3O/c1-5-7-8-9-13-27-16-12-21-18(3)17-19(4)22(23(21)27)25-24(28)20-10-14-26(6-2)15-11-20/h17,20H,5-16H2,1-4H3,(H,25,28). The Hall–Kier alpha value is -1.55. The zero-order valence-corrected chi connectivity index (χ0v) is 18.4. The molecular weight excluding hydrogens is 346 g/mol. The first-order valence-electron chi connectivity index (χ1n) is 11.5. The van der Waals surface area contributed by atoms with Crippen molar-refractivity contribution in [3.05, 3.63) is 22.8 Å². The summed E-state index contributed by atoms with van der Waals surface area (Å²) in [5.41, 5.74) is 6.41. The molecule has 0 aromatic heterocycles. The van der Waals surface area contributed by atoms with Crippen LogP contribution in [-0.4, -0.2) is 43.5 Å². The SMILES string of the molecule is CCCCCCN1CCc2c(C)cc(C)c(NC(=O)C3CCN(CC)CC3)c21. The van der Waals surface area contributed by atoms with Crippen LogP contribution in [0.2, 0.25) is 0 Å². The molecule has 0 atom stereocenters. The summed E-state index contributed by atoms with van der Waals surface area (Å²) in [7, 11) is 0. The Balaban J connectivity index is 1.74. The van der Waals surface area contributed by atoms with Crippen molar-refractivity contribution in [2.24, 2.45) is 5.92 Å². The molecule has 3 rings (SSSR count). The summed E-state index contributed by atoms with van der Waals surface area (Å²) in [6.07, 6.45) is 8.18. The number of piperidine rings is 1. The maximum atomic E-state index is 13.1. The summed E-state index contributed by atoms with van der Waals surface area (Å²) in [5.74, 6) is 0.376. The van der Waals surface area contributed by atoms with Crippen LogP contribution in [0, 0.1) is 19.8 Å². The molecule has 0 radical (unpaired) electrons. The van der Waals surface area contributed by atoms with E-state index < -0.39 is 0 Å². The number of carbonyl (C=O) groups is 1. The predicted molar refractivity (Wildman–Crippen MR) is 119 cm³/mol. The average Bonchev–Trinajstić information content (AvgIpc) is 3.13. The first-order valence-corrected chi connectivity index (χ1v) is 11.5. The van der Waals surface area contributed by atoms with Crippen molar-refractivity contribution in [3.63, 3.8) is 0 Å². The molecule has 0 unspecified atom stereocenters. The number of likely N-dealkylation sites (tertiary alicyclic amines) is 1. The van der Waals surface area contributed by atoms with Crippen LogP contribution in [0.1, 0.15) is 69.1 Å². The van der Waals surface area contributed by atoms with Gasteiger partial charge in [0.2, 0.25) is 5.91 Å². The monoisotopic (exact) mass is 385 g/mol. The van der Waals surface area contributed by atoms with E-state index in [0.717, 1.165) is 57.7 Å². The number of anilines is 2. The van der Waals surface area contributed by atoms with Crippen LogP contribution in [0.5, 0.6) is 0 Å². The van der Waals surface area contributed by atoms with E-state index in [0.29, 0.717) is 0 Å². The van der Waals surface area contributed by atoms with Crippen LogP contribution in [-0.2, 0) is 11.2 Å². The van der Waals surface area contributed by atoms with Crippen molar-refractivity contribution in [2.75, 3.05) is 42.9 Å². The second-order valence-electron chi connectivity index (χ2n) is 8.71. The molecule has 2 aliphatic heterocycles. The number of aryl methyl sites for hydroxylation is 2. The number of carbonyl (C=O) groups excluding carboxylic acids is 1. The summed E-state index contributed by atoms with van der Waals surface area (Å²) in [4.78, 5) is 18.0. The van der Waals surface area contributed by atoms with Gasteiger partial charge in [-0.1, -0.05) is 39.2 Å². The van der Waals surface area contributed by atoms with Gasteiger partial charge in [0.1, 0.15) is 0 Å². The van der Waals surface area contributed by atoms with Crippen LogP contribution in [0.25, 0.3) is 0 Å². The smallest absolute Gasteiger partial charge is 0.227 e. The molecule has 4 nitrogen and oxygen atoms in total. The lowest BCUT2D eigenvalue weighted by Gasteiger charge is -2.31. The van der Waals surface area contributed by atoms with Crippen molar-refractivity contribution >= 4 is 17.3 Å². The van der Waals surface area contributed by atoms with Crippen LogP contribution < -0.4 is 10.2 Å². The van der Waals surface area contributed by atoms with E-state index in [1.807, 2.05) is 0 Å².